The molecule has 0 aliphatic carbocycles. The van der Waals surface area contributed by atoms with E-state index in [0.29, 0.717) is 11.8 Å². The van der Waals surface area contributed by atoms with Crippen molar-refractivity contribution in [3.63, 3.8) is 0 Å². The highest BCUT2D eigenvalue weighted by molar-refractivity contribution is 6.18. The maximum Gasteiger partial charge on any atom is 0.221 e. The van der Waals surface area contributed by atoms with E-state index in [2.05, 4.69) is 4.98 Å². The molecule has 0 N–H and O–H groups in total. The van der Waals surface area contributed by atoms with E-state index in [4.69, 9.17) is 16.3 Å². The van der Waals surface area contributed by atoms with Crippen molar-refractivity contribution in [2.75, 3.05) is 7.11 Å². The Kier molecular flexibility index (Phi) is 2.55. The highest BCUT2D eigenvalue weighted by Gasteiger charge is 2.06. The molecule has 2 aromatic rings. The largest absolute Gasteiger partial charge is 0.481 e. The van der Waals surface area contributed by atoms with Gasteiger partial charge in [0.1, 0.15) is 0 Å². The molecule has 0 atom stereocenters. The van der Waals surface area contributed by atoms with Crippen molar-refractivity contribution < 1.29 is 4.74 Å². The van der Waals surface area contributed by atoms with Gasteiger partial charge in [0.2, 0.25) is 5.88 Å². The molecule has 2 rings (SSSR count). The fraction of sp³-hybridized carbons (Fsp3) is 0.182. The lowest BCUT2D eigenvalue weighted by molar-refractivity contribution is 0.403. The molecule has 2 nitrogen and oxygen atoms in total. The van der Waals surface area contributed by atoms with Crippen molar-refractivity contribution in [2.45, 2.75) is 5.88 Å². The smallest absolute Gasteiger partial charge is 0.221 e. The molecule has 0 amide bonds. The van der Waals surface area contributed by atoms with E-state index >= 15 is 0 Å². The Morgan fingerprint density at radius 1 is 1.36 bits per heavy atom. The Labute approximate surface area is 87.5 Å². The van der Waals surface area contributed by atoms with Gasteiger partial charge in [-0.1, -0.05) is 18.2 Å². The Morgan fingerprint density at radius 2 is 2.21 bits per heavy atom. The Morgan fingerprint density at radius 3 is 2.93 bits per heavy atom. The average Bonchev–Trinajstić information content (AvgIpc) is 2.27. The number of pyridine rings is 1. The molecule has 0 radical (unpaired) electrons. The zero-order valence-electron chi connectivity index (χ0n) is 7.83. The van der Waals surface area contributed by atoms with Crippen LogP contribution in [0.5, 0.6) is 5.88 Å². The number of methoxy groups -OCH3 is 1. The summed E-state index contributed by atoms with van der Waals surface area (Å²) < 4.78 is 5.20. The first kappa shape index (κ1) is 9.28. The number of nitrogens with zero attached hydrogens (tertiary/aromatic N) is 1. The SMILES string of the molecule is COc1nccc2cccc(CCl)c12. The zero-order valence-corrected chi connectivity index (χ0v) is 8.58. The Bertz CT molecular complexity index is 417. The van der Waals surface area contributed by atoms with Gasteiger partial charge in [0, 0.05) is 17.5 Å². The van der Waals surface area contributed by atoms with E-state index in [1.165, 1.54) is 0 Å². The summed E-state index contributed by atoms with van der Waals surface area (Å²) in [5, 5.41) is 2.11. The molecule has 0 aliphatic rings. The summed E-state index contributed by atoms with van der Waals surface area (Å²) in [5.41, 5.74) is 1.05. The lowest BCUT2D eigenvalue weighted by Crippen LogP contribution is -1.91. The Balaban J connectivity index is 2.81. The van der Waals surface area contributed by atoms with Crippen LogP contribution in [-0.4, -0.2) is 12.1 Å². The highest BCUT2D eigenvalue weighted by atomic mass is 35.5. The maximum atomic E-state index is 5.85. The van der Waals surface area contributed by atoms with Gasteiger partial charge >= 0.3 is 0 Å². The monoisotopic (exact) mass is 207 g/mol. The number of aromatic nitrogens is 1. The third-order valence-electron chi connectivity index (χ3n) is 2.18. The molecule has 1 heterocycles. The van der Waals surface area contributed by atoms with Crippen LogP contribution in [0, 0.1) is 0 Å². The van der Waals surface area contributed by atoms with Crippen LogP contribution in [0.3, 0.4) is 0 Å². The van der Waals surface area contributed by atoms with Gasteiger partial charge in [-0.3, -0.25) is 0 Å². The van der Waals surface area contributed by atoms with Crippen LogP contribution in [-0.2, 0) is 5.88 Å². The molecule has 14 heavy (non-hydrogen) atoms. The third kappa shape index (κ3) is 1.42. The number of hydrogen-bond acceptors (Lipinski definition) is 2. The van der Waals surface area contributed by atoms with Crippen LogP contribution in [0.25, 0.3) is 10.8 Å². The van der Waals surface area contributed by atoms with Crippen molar-refractivity contribution in [1.82, 2.24) is 4.98 Å². The van der Waals surface area contributed by atoms with Crippen LogP contribution in [0.2, 0.25) is 0 Å². The van der Waals surface area contributed by atoms with Gasteiger partial charge in [0.15, 0.2) is 0 Å². The molecule has 1 aromatic heterocycles. The minimum atomic E-state index is 0.472. The molecule has 72 valence electrons. The molecule has 1 aromatic carbocycles. The molecule has 0 saturated heterocycles. The minimum absolute atomic E-state index is 0.472. The topological polar surface area (TPSA) is 22.1 Å². The quantitative estimate of drug-likeness (QED) is 0.707. The second kappa shape index (κ2) is 3.84. The molecule has 0 fully saturated rings. The van der Waals surface area contributed by atoms with Gasteiger partial charge in [0.25, 0.3) is 0 Å². The summed E-state index contributed by atoms with van der Waals surface area (Å²) in [6.45, 7) is 0. The summed E-state index contributed by atoms with van der Waals surface area (Å²) >= 11 is 5.85. The van der Waals surface area contributed by atoms with E-state index in [0.717, 1.165) is 16.3 Å². The summed E-state index contributed by atoms with van der Waals surface area (Å²) in [6.07, 6.45) is 1.74. The molecular formula is C11H10ClNO. The lowest BCUT2D eigenvalue weighted by atomic mass is 10.1. The molecule has 0 unspecified atom stereocenters. The van der Waals surface area contributed by atoms with Crippen molar-refractivity contribution in [3.8, 4) is 5.88 Å². The van der Waals surface area contributed by atoms with E-state index in [1.54, 1.807) is 13.3 Å². The highest BCUT2D eigenvalue weighted by Crippen LogP contribution is 2.27. The fourth-order valence-electron chi connectivity index (χ4n) is 1.54. The number of alkyl halides is 1. The summed E-state index contributed by atoms with van der Waals surface area (Å²) in [7, 11) is 1.62. The van der Waals surface area contributed by atoms with Crippen molar-refractivity contribution in [2.24, 2.45) is 0 Å². The van der Waals surface area contributed by atoms with Crippen LogP contribution < -0.4 is 4.74 Å². The average molecular weight is 208 g/mol. The van der Waals surface area contributed by atoms with E-state index in [-0.39, 0.29) is 0 Å². The van der Waals surface area contributed by atoms with Gasteiger partial charge < -0.3 is 4.74 Å². The zero-order chi connectivity index (χ0) is 9.97. The molecule has 0 spiro atoms. The summed E-state index contributed by atoms with van der Waals surface area (Å²) in [5.74, 6) is 1.11. The number of rotatable bonds is 2. The number of hydrogen-bond donors (Lipinski definition) is 0. The van der Waals surface area contributed by atoms with Crippen LogP contribution in [0.1, 0.15) is 5.56 Å². The summed E-state index contributed by atoms with van der Waals surface area (Å²) in [4.78, 5) is 4.15. The first-order valence-electron chi connectivity index (χ1n) is 4.33. The predicted octanol–water partition coefficient (Wildman–Crippen LogP) is 2.98. The molecule has 0 bridgehead atoms. The first-order chi connectivity index (χ1) is 6.86. The lowest BCUT2D eigenvalue weighted by Gasteiger charge is -2.07. The summed E-state index contributed by atoms with van der Waals surface area (Å²) in [6, 6.07) is 7.95. The normalized spacial score (nSPS) is 10.4. The van der Waals surface area contributed by atoms with Crippen LogP contribution in [0.15, 0.2) is 30.5 Å². The molecule has 0 aliphatic heterocycles. The maximum absolute atomic E-state index is 5.85. The number of fused-ring (bicyclic) bond motifs is 1. The van der Waals surface area contributed by atoms with Crippen molar-refractivity contribution >= 4 is 22.4 Å². The Hall–Kier alpha value is -1.28. The molecular weight excluding hydrogens is 198 g/mol. The van der Waals surface area contributed by atoms with E-state index in [9.17, 15) is 0 Å². The van der Waals surface area contributed by atoms with Crippen LogP contribution in [0.4, 0.5) is 0 Å². The predicted molar refractivity (Wildman–Crippen MR) is 57.9 cm³/mol. The van der Waals surface area contributed by atoms with Crippen LogP contribution >= 0.6 is 11.6 Å². The second-order valence-electron chi connectivity index (χ2n) is 2.97. The molecule has 0 saturated carbocycles. The van der Waals surface area contributed by atoms with E-state index < -0.39 is 0 Å². The van der Waals surface area contributed by atoms with Gasteiger partial charge in [-0.15, -0.1) is 11.6 Å². The van der Waals surface area contributed by atoms with Gasteiger partial charge in [0.05, 0.1) is 7.11 Å². The number of ether oxygens (including phenoxy) is 1. The number of halogens is 1. The molecule has 3 heteroatoms. The third-order valence-corrected chi connectivity index (χ3v) is 2.47. The van der Waals surface area contributed by atoms with Gasteiger partial charge in [-0.2, -0.15) is 0 Å². The van der Waals surface area contributed by atoms with Gasteiger partial charge in [-0.25, -0.2) is 4.98 Å². The van der Waals surface area contributed by atoms with Crippen molar-refractivity contribution in [3.05, 3.63) is 36.0 Å². The van der Waals surface area contributed by atoms with Gasteiger partial charge in [-0.05, 0) is 17.0 Å². The minimum Gasteiger partial charge on any atom is -0.481 e. The first-order valence-corrected chi connectivity index (χ1v) is 4.87. The van der Waals surface area contributed by atoms with Crippen molar-refractivity contribution in [1.29, 1.82) is 0 Å². The standard InChI is InChI=1S/C11H10ClNO/c1-14-11-10-8(5-6-13-11)3-2-4-9(10)7-12/h2-6H,7H2,1H3. The number of benzene rings is 1. The second-order valence-corrected chi connectivity index (χ2v) is 3.24. The fourth-order valence-corrected chi connectivity index (χ4v) is 1.76. The van der Waals surface area contributed by atoms with E-state index in [1.807, 2.05) is 24.3 Å².